The Balaban J connectivity index is 2.03. The predicted octanol–water partition coefficient (Wildman–Crippen LogP) is 1.60. The van der Waals surface area contributed by atoms with Crippen LogP contribution in [0.4, 0.5) is 4.39 Å². The Morgan fingerprint density at radius 2 is 2.11 bits per heavy atom. The van der Waals surface area contributed by atoms with Gasteiger partial charge in [-0.1, -0.05) is 11.8 Å². The van der Waals surface area contributed by atoms with Gasteiger partial charge in [0.2, 0.25) is 0 Å². The van der Waals surface area contributed by atoms with E-state index < -0.39 is 5.82 Å². The van der Waals surface area contributed by atoms with Crippen LogP contribution >= 0.6 is 0 Å². The molecule has 1 aromatic carbocycles. The maximum Gasteiger partial charge on any atom is 0.166 e. The lowest BCUT2D eigenvalue weighted by molar-refractivity contribution is 0.0302. The van der Waals surface area contributed by atoms with E-state index in [0.717, 1.165) is 26.3 Å². The minimum atomic E-state index is -0.638. The van der Waals surface area contributed by atoms with Crippen LogP contribution in [0.3, 0.4) is 0 Å². The second kappa shape index (κ2) is 5.85. The van der Waals surface area contributed by atoms with Crippen molar-refractivity contribution >= 4 is 0 Å². The third-order valence-electron chi connectivity index (χ3n) is 2.97. The van der Waals surface area contributed by atoms with E-state index in [1.165, 1.54) is 12.1 Å². The molecule has 1 unspecified atom stereocenters. The van der Waals surface area contributed by atoms with Gasteiger partial charge in [0.15, 0.2) is 11.6 Å². The monoisotopic (exact) mass is 249 g/mol. The van der Waals surface area contributed by atoms with Gasteiger partial charge in [-0.15, -0.1) is 0 Å². The van der Waals surface area contributed by atoms with Gasteiger partial charge >= 0.3 is 0 Å². The van der Waals surface area contributed by atoms with Crippen molar-refractivity contribution in [2.45, 2.75) is 13.0 Å². The summed E-state index contributed by atoms with van der Waals surface area (Å²) in [5, 5.41) is 9.08. The number of hydrogen-bond donors (Lipinski definition) is 1. The van der Waals surface area contributed by atoms with Crippen LogP contribution in [0.15, 0.2) is 18.2 Å². The van der Waals surface area contributed by atoms with E-state index in [2.05, 4.69) is 16.7 Å². The summed E-state index contributed by atoms with van der Waals surface area (Å²) in [7, 11) is 0. The first-order valence-corrected chi connectivity index (χ1v) is 5.98. The van der Waals surface area contributed by atoms with Crippen molar-refractivity contribution in [2.75, 3.05) is 26.3 Å². The Labute approximate surface area is 106 Å². The smallest absolute Gasteiger partial charge is 0.166 e. The van der Waals surface area contributed by atoms with Gasteiger partial charge in [-0.2, -0.15) is 0 Å². The average molecular weight is 249 g/mol. The number of nitrogens with zero attached hydrogens (tertiary/aromatic N) is 1. The molecule has 0 amide bonds. The number of halogens is 1. The number of benzene rings is 1. The minimum absolute atomic E-state index is 0.116. The number of phenolic OH excluding ortho intramolecular Hbond substituents is 1. The highest BCUT2D eigenvalue weighted by Gasteiger charge is 2.14. The highest BCUT2D eigenvalue weighted by molar-refractivity contribution is 5.39. The number of ether oxygens (including phenoxy) is 1. The highest BCUT2D eigenvalue weighted by Crippen LogP contribution is 2.15. The molecule has 0 aromatic heterocycles. The molecular weight excluding hydrogens is 233 g/mol. The van der Waals surface area contributed by atoms with E-state index >= 15 is 0 Å². The fourth-order valence-corrected chi connectivity index (χ4v) is 1.83. The van der Waals surface area contributed by atoms with Crippen molar-refractivity contribution in [1.82, 2.24) is 4.90 Å². The average Bonchev–Trinajstić information content (AvgIpc) is 2.41. The van der Waals surface area contributed by atoms with Gasteiger partial charge in [-0.25, -0.2) is 4.39 Å². The lowest BCUT2D eigenvalue weighted by Crippen LogP contribution is -2.41. The molecule has 3 nitrogen and oxygen atoms in total. The summed E-state index contributed by atoms with van der Waals surface area (Å²) < 4.78 is 18.4. The fourth-order valence-electron chi connectivity index (χ4n) is 1.83. The molecule has 1 atom stereocenters. The second-order valence-electron chi connectivity index (χ2n) is 4.26. The van der Waals surface area contributed by atoms with Gasteiger partial charge in [0.25, 0.3) is 0 Å². The van der Waals surface area contributed by atoms with Crippen LogP contribution in [0.2, 0.25) is 0 Å². The number of hydrogen-bond acceptors (Lipinski definition) is 3. The molecule has 1 aliphatic rings. The maximum atomic E-state index is 13.1. The quantitative estimate of drug-likeness (QED) is 0.767. The Morgan fingerprint density at radius 3 is 2.78 bits per heavy atom. The van der Waals surface area contributed by atoms with Crippen LogP contribution in [-0.2, 0) is 4.74 Å². The largest absolute Gasteiger partial charge is 0.505 e. The Kier molecular flexibility index (Phi) is 4.19. The highest BCUT2D eigenvalue weighted by atomic mass is 19.1. The van der Waals surface area contributed by atoms with Crippen LogP contribution in [-0.4, -0.2) is 42.4 Å². The summed E-state index contributed by atoms with van der Waals surface area (Å²) in [6, 6.07) is 4.29. The van der Waals surface area contributed by atoms with Gasteiger partial charge < -0.3 is 9.84 Å². The standard InChI is InChI=1S/C14H16FNO2/c1-11(16-6-8-18-9-7-16)2-3-12-4-5-14(17)13(15)10-12/h4-5,10-11,17H,6-9H2,1H3. The molecular formula is C14H16FNO2. The number of aromatic hydroxyl groups is 1. The van der Waals surface area contributed by atoms with Crippen molar-refractivity contribution in [2.24, 2.45) is 0 Å². The van der Waals surface area contributed by atoms with E-state index in [9.17, 15) is 4.39 Å². The Morgan fingerprint density at radius 1 is 1.39 bits per heavy atom. The van der Waals surface area contributed by atoms with Gasteiger partial charge in [0.1, 0.15) is 0 Å². The van der Waals surface area contributed by atoms with Crippen molar-refractivity contribution in [1.29, 1.82) is 0 Å². The molecule has 1 fully saturated rings. The molecule has 1 N–H and O–H groups in total. The normalized spacial score (nSPS) is 17.9. The second-order valence-corrected chi connectivity index (χ2v) is 4.26. The Hall–Kier alpha value is -1.57. The fraction of sp³-hybridized carbons (Fsp3) is 0.429. The summed E-state index contributed by atoms with van der Waals surface area (Å²) in [4.78, 5) is 2.23. The molecule has 0 spiro atoms. The van der Waals surface area contributed by atoms with Crippen molar-refractivity contribution in [3.05, 3.63) is 29.6 Å². The maximum absolute atomic E-state index is 13.1. The van der Waals surface area contributed by atoms with E-state index in [1.54, 1.807) is 6.07 Å². The first-order chi connectivity index (χ1) is 8.66. The third kappa shape index (κ3) is 3.22. The summed E-state index contributed by atoms with van der Waals surface area (Å²) >= 11 is 0. The van der Waals surface area contributed by atoms with Gasteiger partial charge in [-0.05, 0) is 25.1 Å². The van der Waals surface area contributed by atoms with Gasteiger partial charge in [-0.3, -0.25) is 4.90 Å². The molecule has 2 rings (SSSR count). The summed E-state index contributed by atoms with van der Waals surface area (Å²) in [6.45, 7) is 5.24. The van der Waals surface area contributed by atoms with Crippen LogP contribution in [0, 0.1) is 17.7 Å². The number of morpholine rings is 1. The van der Waals surface area contributed by atoms with Crippen LogP contribution in [0.5, 0.6) is 5.75 Å². The van der Waals surface area contributed by atoms with Crippen LogP contribution < -0.4 is 0 Å². The van der Waals surface area contributed by atoms with Crippen LogP contribution in [0.25, 0.3) is 0 Å². The van der Waals surface area contributed by atoms with E-state index in [0.29, 0.717) is 5.56 Å². The first kappa shape index (κ1) is 12.9. The zero-order valence-electron chi connectivity index (χ0n) is 10.3. The first-order valence-electron chi connectivity index (χ1n) is 5.98. The summed E-state index contributed by atoms with van der Waals surface area (Å²) in [6.07, 6.45) is 0. The van der Waals surface area contributed by atoms with Crippen molar-refractivity contribution in [3.63, 3.8) is 0 Å². The zero-order valence-corrected chi connectivity index (χ0v) is 10.3. The lowest BCUT2D eigenvalue weighted by Gasteiger charge is -2.29. The molecule has 4 heteroatoms. The molecule has 1 aliphatic heterocycles. The lowest BCUT2D eigenvalue weighted by atomic mass is 10.2. The van der Waals surface area contributed by atoms with E-state index in [1.807, 2.05) is 6.92 Å². The number of phenols is 1. The number of rotatable bonds is 1. The summed E-state index contributed by atoms with van der Waals surface area (Å²) in [5.74, 6) is 5.03. The molecule has 1 heterocycles. The van der Waals surface area contributed by atoms with Gasteiger partial charge in [0.05, 0.1) is 19.3 Å². The SMILES string of the molecule is CC(C#Cc1ccc(O)c(F)c1)N1CCOCC1. The minimum Gasteiger partial charge on any atom is -0.505 e. The zero-order chi connectivity index (χ0) is 13.0. The van der Waals surface area contributed by atoms with Crippen molar-refractivity contribution in [3.8, 4) is 17.6 Å². The van der Waals surface area contributed by atoms with Gasteiger partial charge in [0, 0.05) is 18.7 Å². The molecule has 0 radical (unpaired) electrons. The third-order valence-corrected chi connectivity index (χ3v) is 2.97. The molecule has 0 bridgehead atoms. The summed E-state index contributed by atoms with van der Waals surface area (Å²) in [5.41, 5.74) is 0.574. The Bertz CT molecular complexity index is 472. The predicted molar refractivity (Wildman–Crippen MR) is 66.8 cm³/mol. The van der Waals surface area contributed by atoms with Crippen LogP contribution in [0.1, 0.15) is 12.5 Å². The molecule has 96 valence electrons. The molecule has 0 saturated carbocycles. The molecule has 0 aliphatic carbocycles. The van der Waals surface area contributed by atoms with E-state index in [-0.39, 0.29) is 11.8 Å². The van der Waals surface area contributed by atoms with E-state index in [4.69, 9.17) is 9.84 Å². The molecule has 1 aromatic rings. The van der Waals surface area contributed by atoms with Crippen molar-refractivity contribution < 1.29 is 14.2 Å². The molecule has 1 saturated heterocycles. The molecule has 18 heavy (non-hydrogen) atoms. The topological polar surface area (TPSA) is 32.7 Å².